The molecule has 0 saturated heterocycles. The van der Waals surface area contributed by atoms with Crippen molar-refractivity contribution in [3.05, 3.63) is 59.7 Å². The fourth-order valence-corrected chi connectivity index (χ4v) is 2.91. The van der Waals surface area contributed by atoms with Crippen molar-refractivity contribution in [1.29, 1.82) is 0 Å². The highest BCUT2D eigenvalue weighted by molar-refractivity contribution is 5.82. The van der Waals surface area contributed by atoms with Crippen molar-refractivity contribution in [2.45, 2.75) is 25.8 Å². The Kier molecular flexibility index (Phi) is 4.79. The lowest BCUT2D eigenvalue weighted by atomic mass is 10.1. The summed E-state index contributed by atoms with van der Waals surface area (Å²) in [5, 5.41) is 2.91. The van der Waals surface area contributed by atoms with Crippen LogP contribution in [0.5, 0.6) is 0 Å². The van der Waals surface area contributed by atoms with Crippen LogP contribution in [-0.4, -0.2) is 24.5 Å². The molecule has 1 N–H and O–H groups in total. The van der Waals surface area contributed by atoms with Crippen LogP contribution in [0, 0.1) is 11.7 Å². The number of anilines is 1. The maximum absolute atomic E-state index is 14.1. The summed E-state index contributed by atoms with van der Waals surface area (Å²) in [4.78, 5) is 18.2. The lowest BCUT2D eigenvalue weighted by Gasteiger charge is -2.18. The summed E-state index contributed by atoms with van der Waals surface area (Å²) in [6, 6.07) is 9.00. The fraction of sp³-hybridized carbons (Fsp3) is 0.368. The topological polar surface area (TPSA) is 45.2 Å². The van der Waals surface area contributed by atoms with Crippen molar-refractivity contribution < 1.29 is 9.18 Å². The van der Waals surface area contributed by atoms with Crippen molar-refractivity contribution in [2.24, 2.45) is 5.92 Å². The summed E-state index contributed by atoms with van der Waals surface area (Å²) < 4.78 is 14.1. The van der Waals surface area contributed by atoms with Gasteiger partial charge < -0.3 is 10.2 Å². The molecule has 126 valence electrons. The van der Waals surface area contributed by atoms with Gasteiger partial charge in [-0.15, -0.1) is 0 Å². The maximum atomic E-state index is 14.1. The third kappa shape index (κ3) is 3.55. The molecule has 1 saturated carbocycles. The first-order valence-electron chi connectivity index (χ1n) is 8.27. The number of aromatic nitrogens is 1. The maximum Gasteiger partial charge on any atom is 0.224 e. The number of rotatable bonds is 6. The summed E-state index contributed by atoms with van der Waals surface area (Å²) in [5.41, 5.74) is 2.45. The van der Waals surface area contributed by atoms with Crippen LogP contribution in [-0.2, 0) is 11.3 Å². The van der Waals surface area contributed by atoms with Crippen LogP contribution in [0.25, 0.3) is 0 Å². The van der Waals surface area contributed by atoms with Gasteiger partial charge in [0.15, 0.2) is 0 Å². The zero-order valence-electron chi connectivity index (χ0n) is 14.0. The number of hydrogen-bond acceptors (Lipinski definition) is 3. The zero-order chi connectivity index (χ0) is 17.1. The van der Waals surface area contributed by atoms with Gasteiger partial charge in [0.05, 0.1) is 5.69 Å². The minimum atomic E-state index is -0.259. The predicted molar refractivity (Wildman–Crippen MR) is 92.3 cm³/mol. The number of halogens is 1. The Bertz CT molecular complexity index is 720. The average Bonchev–Trinajstić information content (AvgIpc) is 3.41. The second kappa shape index (κ2) is 6.99. The second-order valence-electron chi connectivity index (χ2n) is 6.25. The van der Waals surface area contributed by atoms with E-state index in [0.29, 0.717) is 12.2 Å². The van der Waals surface area contributed by atoms with Crippen LogP contribution >= 0.6 is 0 Å². The molecule has 3 rings (SSSR count). The first-order chi connectivity index (χ1) is 11.6. The molecule has 4 nitrogen and oxygen atoms in total. The van der Waals surface area contributed by atoms with E-state index in [-0.39, 0.29) is 23.6 Å². The molecule has 24 heavy (non-hydrogen) atoms. The lowest BCUT2D eigenvalue weighted by molar-refractivity contribution is -0.122. The summed E-state index contributed by atoms with van der Waals surface area (Å²) >= 11 is 0. The molecule has 0 spiro atoms. The van der Waals surface area contributed by atoms with E-state index in [1.807, 2.05) is 43.3 Å². The van der Waals surface area contributed by atoms with Gasteiger partial charge in [-0.25, -0.2) is 4.39 Å². The van der Waals surface area contributed by atoms with Gasteiger partial charge in [-0.1, -0.05) is 12.1 Å². The Morgan fingerprint density at radius 3 is 2.92 bits per heavy atom. The minimum Gasteiger partial charge on any atom is -0.373 e. The quantitative estimate of drug-likeness (QED) is 0.887. The molecular weight excluding hydrogens is 305 g/mol. The van der Waals surface area contributed by atoms with Crippen LogP contribution < -0.4 is 10.2 Å². The largest absolute Gasteiger partial charge is 0.373 e. The van der Waals surface area contributed by atoms with Crippen LogP contribution in [0.1, 0.15) is 30.4 Å². The molecule has 1 aliphatic carbocycles. The van der Waals surface area contributed by atoms with E-state index < -0.39 is 0 Å². The smallest absolute Gasteiger partial charge is 0.224 e. The Morgan fingerprint density at radius 1 is 1.42 bits per heavy atom. The van der Waals surface area contributed by atoms with Crippen LogP contribution in [0.2, 0.25) is 0 Å². The summed E-state index contributed by atoms with van der Waals surface area (Å²) in [6.07, 6.45) is 4.40. The molecule has 0 aliphatic heterocycles. The molecule has 1 amide bonds. The Hall–Kier alpha value is -2.43. The molecule has 1 aliphatic rings. The number of amides is 1. The third-order valence-corrected chi connectivity index (χ3v) is 4.60. The van der Waals surface area contributed by atoms with Crippen LogP contribution in [0.4, 0.5) is 10.1 Å². The molecule has 0 radical (unpaired) electrons. The van der Waals surface area contributed by atoms with Gasteiger partial charge in [-0.3, -0.25) is 9.78 Å². The normalized spacial score (nSPS) is 19.0. The van der Waals surface area contributed by atoms with E-state index in [2.05, 4.69) is 10.3 Å². The molecule has 1 heterocycles. The van der Waals surface area contributed by atoms with E-state index in [1.54, 1.807) is 12.3 Å². The van der Waals surface area contributed by atoms with Gasteiger partial charge in [0.1, 0.15) is 5.82 Å². The summed E-state index contributed by atoms with van der Waals surface area (Å²) in [5.74, 6) is 0.0327. The number of carbonyl (C=O) groups excluding carboxylic acids is 1. The van der Waals surface area contributed by atoms with Gasteiger partial charge in [0.25, 0.3) is 0 Å². The lowest BCUT2D eigenvalue weighted by Crippen LogP contribution is -2.25. The minimum absolute atomic E-state index is 0.00421. The van der Waals surface area contributed by atoms with Gasteiger partial charge >= 0.3 is 0 Å². The molecule has 5 heteroatoms. The number of hydrogen-bond donors (Lipinski definition) is 1. The zero-order valence-corrected chi connectivity index (χ0v) is 14.0. The molecule has 2 atom stereocenters. The van der Waals surface area contributed by atoms with Gasteiger partial charge in [0, 0.05) is 38.4 Å². The first-order valence-corrected chi connectivity index (χ1v) is 8.27. The van der Waals surface area contributed by atoms with Gasteiger partial charge in [0.2, 0.25) is 5.91 Å². The van der Waals surface area contributed by atoms with Crippen molar-refractivity contribution in [2.75, 3.05) is 18.5 Å². The number of carbonyl (C=O) groups is 1. The van der Waals surface area contributed by atoms with Gasteiger partial charge in [-0.2, -0.15) is 0 Å². The third-order valence-electron chi connectivity index (χ3n) is 4.60. The van der Waals surface area contributed by atoms with Crippen molar-refractivity contribution >= 4 is 11.6 Å². The second-order valence-corrected chi connectivity index (χ2v) is 6.25. The molecule has 1 fully saturated rings. The molecule has 1 aromatic carbocycles. The molecule has 1 aromatic heterocycles. The highest BCUT2D eigenvalue weighted by Crippen LogP contribution is 2.47. The van der Waals surface area contributed by atoms with Crippen molar-refractivity contribution in [1.82, 2.24) is 10.3 Å². The predicted octanol–water partition coefficient (Wildman–Crippen LogP) is 3.10. The van der Waals surface area contributed by atoms with Crippen molar-refractivity contribution in [3.8, 4) is 0 Å². The van der Waals surface area contributed by atoms with Crippen LogP contribution in [0.3, 0.4) is 0 Å². The van der Waals surface area contributed by atoms with E-state index in [9.17, 15) is 9.18 Å². The number of nitrogens with zero attached hydrogens (tertiary/aromatic N) is 2. The Balaban J connectivity index is 1.55. The van der Waals surface area contributed by atoms with E-state index in [1.165, 1.54) is 6.07 Å². The van der Waals surface area contributed by atoms with E-state index >= 15 is 0 Å². The number of nitrogens with one attached hydrogen (secondary N) is 1. The first kappa shape index (κ1) is 16.4. The monoisotopic (exact) mass is 327 g/mol. The Morgan fingerprint density at radius 2 is 2.25 bits per heavy atom. The fourth-order valence-electron chi connectivity index (χ4n) is 2.91. The van der Waals surface area contributed by atoms with Crippen LogP contribution in [0.15, 0.2) is 42.7 Å². The van der Waals surface area contributed by atoms with Crippen molar-refractivity contribution in [3.63, 3.8) is 0 Å². The standard InChI is InChI=1S/C19H22FN3O/c1-3-23(2)18-7-6-13(9-17(18)20)11-22-19(24)16-10-15(16)14-5-4-8-21-12-14/h4-9,12,15-16H,3,10-11H2,1-2H3,(H,22,24). The summed E-state index contributed by atoms with van der Waals surface area (Å²) in [6.45, 7) is 3.06. The Labute approximate surface area is 141 Å². The summed E-state index contributed by atoms with van der Waals surface area (Å²) in [7, 11) is 1.85. The highest BCUT2D eigenvalue weighted by atomic mass is 19.1. The molecular formula is C19H22FN3O. The molecule has 2 unspecified atom stereocenters. The van der Waals surface area contributed by atoms with Gasteiger partial charge in [-0.05, 0) is 48.6 Å². The highest BCUT2D eigenvalue weighted by Gasteiger charge is 2.43. The average molecular weight is 327 g/mol. The number of benzene rings is 1. The van der Waals surface area contributed by atoms with E-state index in [4.69, 9.17) is 0 Å². The number of pyridine rings is 1. The molecule has 2 aromatic rings. The SMILES string of the molecule is CCN(C)c1ccc(CNC(=O)C2CC2c2cccnc2)cc1F. The van der Waals surface area contributed by atoms with E-state index in [0.717, 1.165) is 24.1 Å². The molecule has 0 bridgehead atoms.